The van der Waals surface area contributed by atoms with E-state index in [2.05, 4.69) is 17.0 Å². The van der Waals surface area contributed by atoms with Gasteiger partial charge in [0, 0.05) is 18.2 Å². The van der Waals surface area contributed by atoms with E-state index < -0.39 is 0 Å². The minimum atomic E-state index is 0.288. The van der Waals surface area contributed by atoms with Crippen LogP contribution in [-0.4, -0.2) is 29.9 Å². The predicted molar refractivity (Wildman–Crippen MR) is 81.7 cm³/mol. The minimum Gasteiger partial charge on any atom is -0.454 e. The molecule has 2 aromatic rings. The van der Waals surface area contributed by atoms with Gasteiger partial charge in [0.15, 0.2) is 17.3 Å². The monoisotopic (exact) mass is 300 g/mol. The summed E-state index contributed by atoms with van der Waals surface area (Å²) in [5.74, 6) is 3.24. The van der Waals surface area contributed by atoms with E-state index in [0.717, 1.165) is 54.1 Å². The molecular formula is C17H20N2O3. The Kier molecular flexibility index (Phi) is 3.50. The highest BCUT2D eigenvalue weighted by Crippen LogP contribution is 2.35. The Labute approximate surface area is 129 Å². The third kappa shape index (κ3) is 2.68. The van der Waals surface area contributed by atoms with Crippen molar-refractivity contribution in [1.82, 2.24) is 10.1 Å². The maximum absolute atomic E-state index is 5.51. The molecule has 0 aliphatic carbocycles. The molecule has 0 amide bonds. The fourth-order valence-corrected chi connectivity index (χ4v) is 3.23. The van der Waals surface area contributed by atoms with Crippen LogP contribution >= 0.6 is 0 Å². The molecule has 1 fully saturated rings. The molecule has 22 heavy (non-hydrogen) atoms. The standard InChI is InChI=1S/C17H20N2O3/c1-12-3-2-6-19(9-12)10-14-8-15(18-22-14)13-4-5-16-17(7-13)21-11-20-16/h4-5,7-8,12H,2-3,6,9-11H2,1H3/t12-/m0/s1. The number of piperidine rings is 1. The second-order valence-corrected chi connectivity index (χ2v) is 6.23. The van der Waals surface area contributed by atoms with Gasteiger partial charge in [-0.25, -0.2) is 0 Å². The lowest BCUT2D eigenvalue weighted by Crippen LogP contribution is -2.33. The maximum Gasteiger partial charge on any atom is 0.231 e. The fourth-order valence-electron chi connectivity index (χ4n) is 3.23. The van der Waals surface area contributed by atoms with Crippen molar-refractivity contribution in [2.24, 2.45) is 5.92 Å². The van der Waals surface area contributed by atoms with Gasteiger partial charge < -0.3 is 14.0 Å². The lowest BCUT2D eigenvalue weighted by atomic mass is 10.0. The van der Waals surface area contributed by atoms with Crippen LogP contribution in [0.1, 0.15) is 25.5 Å². The Balaban J connectivity index is 1.49. The molecule has 1 saturated heterocycles. The fraction of sp³-hybridized carbons (Fsp3) is 0.471. The number of hydrogen-bond acceptors (Lipinski definition) is 5. The number of benzene rings is 1. The zero-order chi connectivity index (χ0) is 14.9. The van der Waals surface area contributed by atoms with Crippen molar-refractivity contribution in [3.8, 4) is 22.8 Å². The first kappa shape index (κ1) is 13.6. The molecule has 0 radical (unpaired) electrons. The number of ether oxygens (including phenoxy) is 2. The smallest absolute Gasteiger partial charge is 0.231 e. The molecule has 0 N–H and O–H groups in total. The van der Waals surface area contributed by atoms with Gasteiger partial charge >= 0.3 is 0 Å². The van der Waals surface area contributed by atoms with E-state index in [1.807, 2.05) is 24.3 Å². The summed E-state index contributed by atoms with van der Waals surface area (Å²) in [7, 11) is 0. The van der Waals surface area contributed by atoms with E-state index in [1.54, 1.807) is 0 Å². The van der Waals surface area contributed by atoms with Gasteiger partial charge in [0.1, 0.15) is 5.69 Å². The van der Waals surface area contributed by atoms with Gasteiger partial charge in [-0.1, -0.05) is 12.1 Å². The molecule has 0 saturated carbocycles. The van der Waals surface area contributed by atoms with Crippen LogP contribution in [0, 0.1) is 5.92 Å². The normalized spacial score (nSPS) is 21.2. The highest BCUT2D eigenvalue weighted by atomic mass is 16.7. The van der Waals surface area contributed by atoms with Crippen LogP contribution in [0.25, 0.3) is 11.3 Å². The summed E-state index contributed by atoms with van der Waals surface area (Å²) in [5, 5.41) is 4.20. The first-order valence-corrected chi connectivity index (χ1v) is 7.86. The molecular weight excluding hydrogens is 280 g/mol. The Bertz CT molecular complexity index is 668. The van der Waals surface area contributed by atoms with Crippen LogP contribution < -0.4 is 9.47 Å². The molecule has 1 aromatic heterocycles. The van der Waals surface area contributed by atoms with Crippen molar-refractivity contribution in [1.29, 1.82) is 0 Å². The van der Waals surface area contributed by atoms with Gasteiger partial charge in [0.2, 0.25) is 6.79 Å². The number of nitrogens with zero attached hydrogens (tertiary/aromatic N) is 2. The topological polar surface area (TPSA) is 47.7 Å². The zero-order valence-electron chi connectivity index (χ0n) is 12.7. The average molecular weight is 300 g/mol. The Morgan fingerprint density at radius 3 is 3.05 bits per heavy atom. The van der Waals surface area contributed by atoms with Crippen molar-refractivity contribution < 1.29 is 14.0 Å². The second-order valence-electron chi connectivity index (χ2n) is 6.23. The molecule has 116 valence electrons. The van der Waals surface area contributed by atoms with Gasteiger partial charge in [-0.3, -0.25) is 4.90 Å². The van der Waals surface area contributed by atoms with Crippen molar-refractivity contribution in [3.05, 3.63) is 30.0 Å². The van der Waals surface area contributed by atoms with Gasteiger partial charge in [0.25, 0.3) is 0 Å². The van der Waals surface area contributed by atoms with Crippen LogP contribution in [-0.2, 0) is 6.54 Å². The van der Waals surface area contributed by atoms with Gasteiger partial charge in [-0.05, 0) is 43.5 Å². The second kappa shape index (κ2) is 5.65. The van der Waals surface area contributed by atoms with E-state index in [4.69, 9.17) is 14.0 Å². The quantitative estimate of drug-likeness (QED) is 0.870. The SMILES string of the molecule is C[C@H]1CCCN(Cc2cc(-c3ccc4c(c3)OCO4)no2)C1. The molecule has 3 heterocycles. The van der Waals surface area contributed by atoms with Gasteiger partial charge in [0.05, 0.1) is 6.54 Å². The summed E-state index contributed by atoms with van der Waals surface area (Å²) >= 11 is 0. The molecule has 2 aliphatic heterocycles. The van der Waals surface area contributed by atoms with E-state index in [0.29, 0.717) is 0 Å². The molecule has 0 spiro atoms. The first-order valence-electron chi connectivity index (χ1n) is 7.86. The summed E-state index contributed by atoms with van der Waals surface area (Å²) in [4.78, 5) is 2.44. The third-order valence-corrected chi connectivity index (χ3v) is 4.35. The van der Waals surface area contributed by atoms with Crippen molar-refractivity contribution >= 4 is 0 Å². The van der Waals surface area contributed by atoms with Crippen LogP contribution in [0.3, 0.4) is 0 Å². The summed E-state index contributed by atoms with van der Waals surface area (Å²) in [6.45, 7) is 5.72. The average Bonchev–Trinajstić information content (AvgIpc) is 3.15. The molecule has 1 aromatic carbocycles. The molecule has 5 heteroatoms. The summed E-state index contributed by atoms with van der Waals surface area (Å²) in [6.07, 6.45) is 2.60. The summed E-state index contributed by atoms with van der Waals surface area (Å²) in [5.41, 5.74) is 1.84. The Morgan fingerprint density at radius 2 is 2.14 bits per heavy atom. The van der Waals surface area contributed by atoms with E-state index in [1.165, 1.54) is 12.8 Å². The summed E-state index contributed by atoms with van der Waals surface area (Å²) < 4.78 is 16.3. The lowest BCUT2D eigenvalue weighted by Gasteiger charge is -2.29. The van der Waals surface area contributed by atoms with Gasteiger partial charge in [-0.2, -0.15) is 0 Å². The molecule has 0 bridgehead atoms. The van der Waals surface area contributed by atoms with Crippen LogP contribution in [0.4, 0.5) is 0 Å². The molecule has 2 aliphatic rings. The van der Waals surface area contributed by atoms with E-state index in [-0.39, 0.29) is 6.79 Å². The third-order valence-electron chi connectivity index (χ3n) is 4.35. The minimum absolute atomic E-state index is 0.288. The number of hydrogen-bond donors (Lipinski definition) is 0. The number of fused-ring (bicyclic) bond motifs is 1. The number of rotatable bonds is 3. The number of likely N-dealkylation sites (tertiary alicyclic amines) is 1. The largest absolute Gasteiger partial charge is 0.454 e. The van der Waals surface area contributed by atoms with Crippen molar-refractivity contribution in [2.75, 3.05) is 19.9 Å². The molecule has 5 nitrogen and oxygen atoms in total. The highest BCUT2D eigenvalue weighted by Gasteiger charge is 2.19. The van der Waals surface area contributed by atoms with Crippen LogP contribution in [0.5, 0.6) is 11.5 Å². The molecule has 1 atom stereocenters. The molecule has 0 unspecified atom stereocenters. The summed E-state index contributed by atoms with van der Waals surface area (Å²) in [6, 6.07) is 7.88. The van der Waals surface area contributed by atoms with Crippen LogP contribution in [0.2, 0.25) is 0 Å². The Morgan fingerprint density at radius 1 is 1.23 bits per heavy atom. The lowest BCUT2D eigenvalue weighted by molar-refractivity contribution is 0.160. The zero-order valence-corrected chi connectivity index (χ0v) is 12.7. The highest BCUT2D eigenvalue weighted by molar-refractivity contribution is 5.64. The van der Waals surface area contributed by atoms with Crippen molar-refractivity contribution in [3.63, 3.8) is 0 Å². The van der Waals surface area contributed by atoms with E-state index >= 15 is 0 Å². The number of aromatic nitrogens is 1. The van der Waals surface area contributed by atoms with Crippen LogP contribution in [0.15, 0.2) is 28.8 Å². The predicted octanol–water partition coefficient (Wildman–Crippen LogP) is 3.30. The Hall–Kier alpha value is -2.01. The maximum atomic E-state index is 5.51. The van der Waals surface area contributed by atoms with Crippen molar-refractivity contribution in [2.45, 2.75) is 26.3 Å². The first-order chi connectivity index (χ1) is 10.8. The van der Waals surface area contributed by atoms with Gasteiger partial charge in [-0.15, -0.1) is 0 Å². The van der Waals surface area contributed by atoms with E-state index in [9.17, 15) is 0 Å². The molecule has 4 rings (SSSR count).